The van der Waals surface area contributed by atoms with E-state index < -0.39 is 0 Å². The van der Waals surface area contributed by atoms with Crippen LogP contribution in [0.3, 0.4) is 0 Å². The highest BCUT2D eigenvalue weighted by Crippen LogP contribution is 2.32. The fraction of sp³-hybridized carbons (Fsp3) is 0.273. The molecule has 0 aromatic heterocycles. The number of hydrogen-bond donors (Lipinski definition) is 0. The van der Waals surface area contributed by atoms with Crippen LogP contribution >= 0.6 is 27.5 Å². The zero-order valence-corrected chi connectivity index (χ0v) is 10.3. The van der Waals surface area contributed by atoms with E-state index in [2.05, 4.69) is 15.9 Å². The number of rotatable bonds is 3. The molecule has 0 bridgehead atoms. The van der Waals surface area contributed by atoms with E-state index in [1.54, 1.807) is 0 Å². The minimum absolute atomic E-state index is 0.00965. The highest BCUT2D eigenvalue weighted by molar-refractivity contribution is 9.09. The maximum atomic E-state index is 5.94. The monoisotopic (exact) mass is 288 g/mol. The zero-order chi connectivity index (χ0) is 10.7. The van der Waals surface area contributed by atoms with Crippen LogP contribution < -0.4 is 9.47 Å². The van der Waals surface area contributed by atoms with E-state index in [1.165, 1.54) is 0 Å². The summed E-state index contributed by atoms with van der Waals surface area (Å²) in [4.78, 5) is 0. The highest BCUT2D eigenvalue weighted by atomic mass is 79.9. The first kappa shape index (κ1) is 10.8. The molecule has 1 atom stereocenters. The molecule has 1 heterocycles. The maximum Gasteiger partial charge on any atom is 0.231 e. The smallest absolute Gasteiger partial charge is 0.231 e. The summed E-state index contributed by atoms with van der Waals surface area (Å²) in [5.74, 6) is 1.59. The molecule has 0 saturated heterocycles. The lowest BCUT2D eigenvalue weighted by atomic mass is 10.2. The van der Waals surface area contributed by atoms with Gasteiger partial charge in [0.2, 0.25) is 6.79 Å². The Morgan fingerprint density at radius 1 is 1.40 bits per heavy atom. The molecule has 15 heavy (non-hydrogen) atoms. The Kier molecular flexibility index (Phi) is 3.54. The minimum Gasteiger partial charge on any atom is -0.454 e. The summed E-state index contributed by atoms with van der Waals surface area (Å²) >= 11 is 9.25. The van der Waals surface area contributed by atoms with Gasteiger partial charge in [0.25, 0.3) is 0 Å². The predicted octanol–water partition coefficient (Wildman–Crippen LogP) is 3.43. The summed E-state index contributed by atoms with van der Waals surface area (Å²) in [5, 5.41) is 0.755. The lowest BCUT2D eigenvalue weighted by Crippen LogP contribution is -1.93. The Morgan fingerprint density at radius 3 is 3.00 bits per heavy atom. The number of halogens is 2. The highest BCUT2D eigenvalue weighted by Gasteiger charge is 2.12. The van der Waals surface area contributed by atoms with Gasteiger partial charge in [-0.3, -0.25) is 0 Å². The summed E-state index contributed by atoms with van der Waals surface area (Å²) in [6.45, 7) is 0.308. The van der Waals surface area contributed by atoms with Crippen molar-refractivity contribution in [3.8, 4) is 11.5 Å². The predicted molar refractivity (Wildman–Crippen MR) is 65.0 cm³/mol. The van der Waals surface area contributed by atoms with Crippen molar-refractivity contribution in [2.45, 2.75) is 5.38 Å². The quantitative estimate of drug-likeness (QED) is 0.794. The van der Waals surface area contributed by atoms with Crippen molar-refractivity contribution >= 4 is 33.6 Å². The van der Waals surface area contributed by atoms with Gasteiger partial charge < -0.3 is 9.47 Å². The average Bonchev–Trinajstić information content (AvgIpc) is 2.72. The Bertz CT molecular complexity index is 379. The molecule has 1 aromatic carbocycles. The minimum atomic E-state index is 0.00965. The summed E-state index contributed by atoms with van der Waals surface area (Å²) in [5.41, 5.74) is 1.06. The molecule has 2 rings (SSSR count). The van der Waals surface area contributed by atoms with Crippen LogP contribution in [-0.4, -0.2) is 17.5 Å². The SMILES string of the molecule is ClC(/C=C/c1ccc2c(c1)OCO2)CBr. The van der Waals surface area contributed by atoms with Crippen LogP contribution in [0.1, 0.15) is 5.56 Å². The van der Waals surface area contributed by atoms with Crippen molar-refractivity contribution in [3.05, 3.63) is 29.8 Å². The third-order valence-corrected chi connectivity index (χ3v) is 3.41. The molecule has 1 aliphatic heterocycles. The fourth-order valence-corrected chi connectivity index (χ4v) is 1.57. The van der Waals surface area contributed by atoms with Gasteiger partial charge >= 0.3 is 0 Å². The molecule has 0 fully saturated rings. The zero-order valence-electron chi connectivity index (χ0n) is 7.95. The number of fused-ring (bicyclic) bond motifs is 1. The third kappa shape index (κ3) is 2.67. The molecule has 1 aliphatic rings. The normalized spacial score (nSPS) is 15.9. The van der Waals surface area contributed by atoms with E-state index >= 15 is 0 Å². The first-order valence-electron chi connectivity index (χ1n) is 4.57. The van der Waals surface area contributed by atoms with E-state index in [9.17, 15) is 0 Å². The van der Waals surface area contributed by atoms with E-state index in [0.717, 1.165) is 22.4 Å². The van der Waals surface area contributed by atoms with Crippen LogP contribution in [0.5, 0.6) is 11.5 Å². The molecule has 1 aromatic rings. The van der Waals surface area contributed by atoms with Gasteiger partial charge in [-0.2, -0.15) is 0 Å². The molecule has 4 heteroatoms. The molecule has 1 unspecified atom stereocenters. The lowest BCUT2D eigenvalue weighted by molar-refractivity contribution is 0.174. The first-order chi connectivity index (χ1) is 7.29. The van der Waals surface area contributed by atoms with E-state index in [4.69, 9.17) is 21.1 Å². The summed E-state index contributed by atoms with van der Waals surface area (Å²) in [6, 6.07) is 5.82. The van der Waals surface area contributed by atoms with Crippen molar-refractivity contribution in [2.75, 3.05) is 12.1 Å². The summed E-state index contributed by atoms with van der Waals surface area (Å²) < 4.78 is 10.5. The van der Waals surface area contributed by atoms with Gasteiger partial charge in [0.15, 0.2) is 11.5 Å². The second-order valence-electron chi connectivity index (χ2n) is 3.14. The summed E-state index contributed by atoms with van der Waals surface area (Å²) in [7, 11) is 0. The van der Waals surface area contributed by atoms with Crippen LogP contribution in [0.2, 0.25) is 0 Å². The van der Waals surface area contributed by atoms with Crippen LogP contribution in [-0.2, 0) is 0 Å². The lowest BCUT2D eigenvalue weighted by Gasteiger charge is -1.99. The van der Waals surface area contributed by atoms with Gasteiger partial charge in [-0.15, -0.1) is 11.6 Å². The summed E-state index contributed by atoms with van der Waals surface area (Å²) in [6.07, 6.45) is 3.91. The maximum absolute atomic E-state index is 5.94. The molecule has 0 spiro atoms. The third-order valence-electron chi connectivity index (χ3n) is 2.04. The number of alkyl halides is 2. The first-order valence-corrected chi connectivity index (χ1v) is 6.13. The van der Waals surface area contributed by atoms with E-state index in [1.807, 2.05) is 30.4 Å². The fourth-order valence-electron chi connectivity index (χ4n) is 1.28. The van der Waals surface area contributed by atoms with Crippen molar-refractivity contribution in [2.24, 2.45) is 0 Å². The van der Waals surface area contributed by atoms with E-state index in [0.29, 0.717) is 6.79 Å². The Morgan fingerprint density at radius 2 is 2.20 bits per heavy atom. The van der Waals surface area contributed by atoms with Crippen LogP contribution in [0, 0.1) is 0 Å². The Balaban J connectivity index is 2.13. The van der Waals surface area contributed by atoms with Crippen LogP contribution in [0.15, 0.2) is 24.3 Å². The van der Waals surface area contributed by atoms with Crippen molar-refractivity contribution in [1.82, 2.24) is 0 Å². The van der Waals surface area contributed by atoms with Gasteiger partial charge in [0.1, 0.15) is 0 Å². The number of hydrogen-bond acceptors (Lipinski definition) is 2. The van der Waals surface area contributed by atoms with E-state index in [-0.39, 0.29) is 5.38 Å². The van der Waals surface area contributed by atoms with Gasteiger partial charge in [0.05, 0.1) is 5.38 Å². The topological polar surface area (TPSA) is 18.5 Å². The molecule has 80 valence electrons. The van der Waals surface area contributed by atoms with Crippen LogP contribution in [0.4, 0.5) is 0 Å². The molecular weight excluding hydrogens is 279 g/mol. The van der Waals surface area contributed by atoms with Gasteiger partial charge in [0, 0.05) is 5.33 Å². The largest absolute Gasteiger partial charge is 0.454 e. The number of ether oxygens (including phenoxy) is 2. The molecular formula is C11H10BrClO2. The van der Waals surface area contributed by atoms with Crippen molar-refractivity contribution in [3.63, 3.8) is 0 Å². The molecule has 0 N–H and O–H groups in total. The standard InChI is InChI=1S/C11H10BrClO2/c12-6-9(13)3-1-8-2-4-10-11(5-8)15-7-14-10/h1-5,9H,6-7H2/b3-1+. The van der Waals surface area contributed by atoms with Gasteiger partial charge in [-0.05, 0) is 17.7 Å². The van der Waals surface area contributed by atoms with Crippen LogP contribution in [0.25, 0.3) is 6.08 Å². The number of allylic oxidation sites excluding steroid dienone is 1. The van der Waals surface area contributed by atoms with Crippen molar-refractivity contribution in [1.29, 1.82) is 0 Å². The number of benzene rings is 1. The molecule has 0 aliphatic carbocycles. The second kappa shape index (κ2) is 4.90. The molecule has 0 radical (unpaired) electrons. The second-order valence-corrected chi connectivity index (χ2v) is 4.35. The average molecular weight is 290 g/mol. The van der Waals surface area contributed by atoms with Gasteiger partial charge in [-0.1, -0.05) is 34.1 Å². The molecule has 0 amide bonds. The Labute approximate surface area is 102 Å². The molecule has 0 saturated carbocycles. The molecule has 2 nitrogen and oxygen atoms in total. The van der Waals surface area contributed by atoms with Gasteiger partial charge in [-0.25, -0.2) is 0 Å². The van der Waals surface area contributed by atoms with Crippen molar-refractivity contribution < 1.29 is 9.47 Å². The Hall–Kier alpha value is -0.670.